The molecule has 0 atom stereocenters. The second kappa shape index (κ2) is 9.70. The Bertz CT molecular complexity index is 1540. The summed E-state index contributed by atoms with van der Waals surface area (Å²) in [5, 5.41) is 20.3. The molecule has 4 aromatic rings. The van der Waals surface area contributed by atoms with E-state index in [1.54, 1.807) is 0 Å². The van der Waals surface area contributed by atoms with E-state index in [9.17, 15) is 19.8 Å². The summed E-state index contributed by atoms with van der Waals surface area (Å²) in [5.41, 5.74) is 0.0853. The Morgan fingerprint density at radius 1 is 0.833 bits per heavy atom. The van der Waals surface area contributed by atoms with Crippen LogP contribution in [-0.2, 0) is 0 Å². The number of rotatable bonds is 5. The average molecular weight is 558 g/mol. The number of nitrogens with zero attached hydrogens (tertiary/aromatic N) is 1. The Labute approximate surface area is 225 Å². The third-order valence-electron chi connectivity index (χ3n) is 5.27. The van der Waals surface area contributed by atoms with Crippen LogP contribution in [0, 0.1) is 24.7 Å². The molecule has 0 aliphatic rings. The highest BCUT2D eigenvalue weighted by atomic mass is 35.5. The summed E-state index contributed by atoms with van der Waals surface area (Å²) >= 11 is 25.3. The summed E-state index contributed by atoms with van der Waals surface area (Å²) in [7, 11) is 0. The van der Waals surface area contributed by atoms with Crippen molar-refractivity contribution in [2.45, 2.75) is 0 Å². The molecule has 0 bridgehead atoms. The zero-order valence-corrected chi connectivity index (χ0v) is 20.9. The van der Waals surface area contributed by atoms with E-state index in [4.69, 9.17) is 59.3 Å². The van der Waals surface area contributed by atoms with Gasteiger partial charge in [-0.3, -0.25) is 14.2 Å². The lowest BCUT2D eigenvalue weighted by molar-refractivity contribution is 0.101. The standard InChI is InChI=1S/C26H12Cl4N2O4/c1-3-12-5-7-14(18(33)9-12)23(35)17-11-16(27)26(30)32(17)22-20(28)25(29)31-21(22)24(36)15-8-6-13(4-2)10-19(15)34/h1-2,5-11,31,33-34H. The number of aromatic nitrogens is 2. The molecule has 0 fully saturated rings. The molecular formula is C26H12Cl4N2O4. The molecule has 0 saturated carbocycles. The van der Waals surface area contributed by atoms with E-state index in [1.165, 1.54) is 42.5 Å². The fourth-order valence-corrected chi connectivity index (χ4v) is 4.38. The molecule has 0 aliphatic heterocycles. The molecule has 2 aromatic carbocycles. The van der Waals surface area contributed by atoms with Crippen molar-refractivity contribution < 1.29 is 19.8 Å². The van der Waals surface area contributed by atoms with Crippen LogP contribution in [0.3, 0.4) is 0 Å². The molecule has 0 unspecified atom stereocenters. The molecule has 36 heavy (non-hydrogen) atoms. The lowest BCUT2D eigenvalue weighted by atomic mass is 10.0. The topological polar surface area (TPSA) is 95.3 Å². The van der Waals surface area contributed by atoms with E-state index in [-0.39, 0.29) is 60.1 Å². The normalized spacial score (nSPS) is 10.6. The number of nitrogens with one attached hydrogen (secondary N) is 1. The van der Waals surface area contributed by atoms with Crippen LogP contribution in [0.5, 0.6) is 11.5 Å². The number of phenolic OH excluding ortho intramolecular Hbond substituents is 2. The molecule has 0 aliphatic carbocycles. The Morgan fingerprint density at radius 3 is 1.86 bits per heavy atom. The first kappa shape index (κ1) is 25.3. The molecule has 0 saturated heterocycles. The predicted octanol–water partition coefficient (Wildman–Crippen LogP) is 6.25. The minimum absolute atomic E-state index is 0.0345. The zero-order chi connectivity index (χ0) is 26.3. The average Bonchev–Trinajstić information content (AvgIpc) is 3.32. The van der Waals surface area contributed by atoms with Gasteiger partial charge in [0, 0.05) is 11.1 Å². The van der Waals surface area contributed by atoms with Crippen molar-refractivity contribution in [3.8, 4) is 41.9 Å². The van der Waals surface area contributed by atoms with Gasteiger partial charge in [-0.05, 0) is 42.5 Å². The third-order valence-corrected chi connectivity index (χ3v) is 6.78. The van der Waals surface area contributed by atoms with Gasteiger partial charge in [0.2, 0.25) is 11.6 Å². The van der Waals surface area contributed by atoms with Gasteiger partial charge < -0.3 is 15.2 Å². The van der Waals surface area contributed by atoms with Crippen molar-refractivity contribution in [3.05, 3.63) is 96.5 Å². The number of aromatic hydroxyl groups is 2. The molecule has 0 radical (unpaired) electrons. The Kier molecular flexibility index (Phi) is 6.82. The number of terminal acetylenes is 2. The lowest BCUT2D eigenvalue weighted by Gasteiger charge is -2.13. The highest BCUT2D eigenvalue weighted by Gasteiger charge is 2.30. The maximum atomic E-state index is 13.4. The zero-order valence-electron chi connectivity index (χ0n) is 17.9. The molecule has 0 spiro atoms. The SMILES string of the molecule is C#Cc1ccc(C(=O)c2[nH]c(Cl)c(Cl)c2-n2c(C(=O)c3ccc(C#C)cc3O)cc(Cl)c2Cl)c(O)c1. The number of halogens is 4. The van der Waals surface area contributed by atoms with Gasteiger partial charge in [0.25, 0.3) is 0 Å². The number of ketones is 2. The van der Waals surface area contributed by atoms with Crippen molar-refractivity contribution in [3.63, 3.8) is 0 Å². The van der Waals surface area contributed by atoms with Gasteiger partial charge in [-0.15, -0.1) is 12.8 Å². The molecule has 6 nitrogen and oxygen atoms in total. The van der Waals surface area contributed by atoms with Gasteiger partial charge >= 0.3 is 0 Å². The highest BCUT2D eigenvalue weighted by Crippen LogP contribution is 2.40. The van der Waals surface area contributed by atoms with Crippen LogP contribution in [0.1, 0.15) is 43.2 Å². The van der Waals surface area contributed by atoms with Crippen molar-refractivity contribution in [2.24, 2.45) is 0 Å². The number of benzene rings is 2. The summed E-state index contributed by atoms with van der Waals surface area (Å²) in [4.78, 5) is 29.5. The summed E-state index contributed by atoms with van der Waals surface area (Å²) in [6, 6.07) is 9.37. The molecule has 2 heterocycles. The third kappa shape index (κ3) is 4.22. The van der Waals surface area contributed by atoms with Crippen molar-refractivity contribution in [1.82, 2.24) is 9.55 Å². The van der Waals surface area contributed by atoms with Crippen LogP contribution in [-0.4, -0.2) is 31.3 Å². The predicted molar refractivity (Wildman–Crippen MR) is 139 cm³/mol. The Morgan fingerprint density at radius 2 is 1.36 bits per heavy atom. The van der Waals surface area contributed by atoms with Crippen LogP contribution in [0.15, 0.2) is 42.5 Å². The van der Waals surface area contributed by atoms with Crippen molar-refractivity contribution >= 4 is 58.0 Å². The molecule has 3 N–H and O–H groups in total. The fourth-order valence-electron chi connectivity index (χ4n) is 3.55. The van der Waals surface area contributed by atoms with Crippen LogP contribution in [0.25, 0.3) is 5.69 Å². The number of carbonyl (C=O) groups excluding carboxylic acids is 2. The molecule has 2 aromatic heterocycles. The molecule has 178 valence electrons. The molecule has 4 rings (SSSR count). The van der Waals surface area contributed by atoms with Gasteiger partial charge in [0.15, 0.2) is 0 Å². The number of aromatic amines is 1. The van der Waals surface area contributed by atoms with Gasteiger partial charge in [0.05, 0.1) is 27.5 Å². The second-order valence-electron chi connectivity index (χ2n) is 7.39. The summed E-state index contributed by atoms with van der Waals surface area (Å²) in [6.07, 6.45) is 10.7. The number of H-pyrrole nitrogens is 1. The van der Waals surface area contributed by atoms with Gasteiger partial charge in [0.1, 0.15) is 32.5 Å². The number of carbonyl (C=O) groups is 2. The molecular weight excluding hydrogens is 546 g/mol. The van der Waals surface area contributed by atoms with E-state index in [2.05, 4.69) is 16.8 Å². The second-order valence-corrected chi connectivity index (χ2v) is 8.91. The van der Waals surface area contributed by atoms with E-state index >= 15 is 0 Å². The van der Waals surface area contributed by atoms with Gasteiger partial charge in [-0.25, -0.2) is 0 Å². The maximum absolute atomic E-state index is 13.4. The Hall–Kier alpha value is -3.78. The minimum Gasteiger partial charge on any atom is -0.507 e. The van der Waals surface area contributed by atoms with Gasteiger partial charge in [-0.1, -0.05) is 58.2 Å². The van der Waals surface area contributed by atoms with E-state index in [0.717, 1.165) is 4.57 Å². The summed E-state index contributed by atoms with van der Waals surface area (Å²) in [6.45, 7) is 0. The van der Waals surface area contributed by atoms with Crippen molar-refractivity contribution in [2.75, 3.05) is 0 Å². The van der Waals surface area contributed by atoms with E-state index < -0.39 is 11.6 Å². The Balaban J connectivity index is 1.93. The van der Waals surface area contributed by atoms with E-state index in [1.807, 2.05) is 0 Å². The summed E-state index contributed by atoms with van der Waals surface area (Å²) < 4.78 is 1.13. The van der Waals surface area contributed by atoms with Crippen LogP contribution < -0.4 is 0 Å². The van der Waals surface area contributed by atoms with Crippen LogP contribution in [0.2, 0.25) is 20.4 Å². The smallest absolute Gasteiger partial charge is 0.215 e. The number of hydrogen-bond acceptors (Lipinski definition) is 4. The fraction of sp³-hybridized carbons (Fsp3) is 0. The lowest BCUT2D eigenvalue weighted by Crippen LogP contribution is -2.13. The first-order valence-corrected chi connectivity index (χ1v) is 11.4. The van der Waals surface area contributed by atoms with E-state index in [0.29, 0.717) is 11.1 Å². The quantitative estimate of drug-likeness (QED) is 0.199. The van der Waals surface area contributed by atoms with Gasteiger partial charge in [-0.2, -0.15) is 0 Å². The largest absolute Gasteiger partial charge is 0.507 e. The van der Waals surface area contributed by atoms with Crippen LogP contribution >= 0.6 is 46.4 Å². The van der Waals surface area contributed by atoms with Crippen LogP contribution in [0.4, 0.5) is 0 Å². The maximum Gasteiger partial charge on any atom is 0.215 e. The first-order valence-electron chi connectivity index (χ1n) is 9.91. The number of hydrogen-bond donors (Lipinski definition) is 3. The number of phenols is 2. The van der Waals surface area contributed by atoms with Crippen molar-refractivity contribution in [1.29, 1.82) is 0 Å². The highest BCUT2D eigenvalue weighted by molar-refractivity contribution is 6.45. The first-order chi connectivity index (χ1) is 17.1. The molecule has 10 heteroatoms. The minimum atomic E-state index is -0.722. The molecule has 0 amide bonds. The summed E-state index contributed by atoms with van der Waals surface area (Å²) in [5.74, 6) is 2.54. The monoisotopic (exact) mass is 556 g/mol.